The second-order valence-electron chi connectivity index (χ2n) is 6.33. The van der Waals surface area contributed by atoms with Crippen LogP contribution < -0.4 is 5.73 Å². The number of hydrogen-bond acceptors (Lipinski definition) is 2. The third-order valence-corrected chi connectivity index (χ3v) is 3.80. The van der Waals surface area contributed by atoms with Crippen LogP contribution in [-0.4, -0.2) is 30.1 Å². The molecule has 16 heavy (non-hydrogen) atoms. The highest BCUT2D eigenvalue weighted by atomic mass is 15.2. The summed E-state index contributed by atoms with van der Waals surface area (Å²) in [7, 11) is 0. The number of nitrogens with two attached hydrogens (primary N) is 1. The van der Waals surface area contributed by atoms with Crippen LogP contribution >= 0.6 is 0 Å². The normalized spacial score (nSPS) is 23.8. The Labute approximate surface area is 102 Å². The van der Waals surface area contributed by atoms with Crippen molar-refractivity contribution in [3.63, 3.8) is 0 Å². The van der Waals surface area contributed by atoms with Gasteiger partial charge in [0.15, 0.2) is 0 Å². The summed E-state index contributed by atoms with van der Waals surface area (Å²) >= 11 is 0. The van der Waals surface area contributed by atoms with E-state index in [2.05, 4.69) is 32.6 Å². The minimum Gasteiger partial charge on any atom is -0.326 e. The van der Waals surface area contributed by atoms with Gasteiger partial charge in [-0.2, -0.15) is 0 Å². The van der Waals surface area contributed by atoms with Gasteiger partial charge in [0.05, 0.1) is 0 Å². The van der Waals surface area contributed by atoms with Crippen LogP contribution in [0, 0.1) is 5.41 Å². The van der Waals surface area contributed by atoms with Crippen LogP contribution in [0.3, 0.4) is 0 Å². The minimum absolute atomic E-state index is 0.291. The van der Waals surface area contributed by atoms with Gasteiger partial charge in [-0.3, -0.25) is 4.90 Å². The largest absolute Gasteiger partial charge is 0.326 e. The molecule has 0 aliphatic carbocycles. The maximum atomic E-state index is 6.34. The van der Waals surface area contributed by atoms with E-state index in [0.29, 0.717) is 17.5 Å². The van der Waals surface area contributed by atoms with Crippen molar-refractivity contribution in [1.29, 1.82) is 0 Å². The Bertz CT molecular complexity index is 187. The molecule has 2 heteroatoms. The van der Waals surface area contributed by atoms with Gasteiger partial charge in [-0.15, -0.1) is 0 Å². The van der Waals surface area contributed by atoms with Crippen LogP contribution in [0.2, 0.25) is 0 Å². The highest BCUT2D eigenvalue weighted by Gasteiger charge is 2.34. The van der Waals surface area contributed by atoms with Crippen LogP contribution in [0.25, 0.3) is 0 Å². The molecule has 96 valence electrons. The standard InChI is InChI=1S/C14H30N2/c1-5-12(15)13(14(2,3)4)16-10-8-6-7-9-11-16/h12-13H,5-11,15H2,1-4H3. The fraction of sp³-hybridized carbons (Fsp3) is 1.00. The predicted molar refractivity (Wildman–Crippen MR) is 71.6 cm³/mol. The summed E-state index contributed by atoms with van der Waals surface area (Å²) in [5.41, 5.74) is 6.63. The van der Waals surface area contributed by atoms with Gasteiger partial charge in [0, 0.05) is 12.1 Å². The summed E-state index contributed by atoms with van der Waals surface area (Å²) in [6, 6.07) is 0.855. The molecule has 0 aromatic rings. The molecular formula is C14H30N2. The van der Waals surface area contributed by atoms with Crippen molar-refractivity contribution in [1.82, 2.24) is 4.90 Å². The van der Waals surface area contributed by atoms with Crippen LogP contribution in [-0.2, 0) is 0 Å². The van der Waals surface area contributed by atoms with E-state index >= 15 is 0 Å². The molecule has 2 unspecified atom stereocenters. The molecule has 1 aliphatic heterocycles. The van der Waals surface area contributed by atoms with Crippen molar-refractivity contribution < 1.29 is 0 Å². The zero-order valence-electron chi connectivity index (χ0n) is 11.6. The molecule has 1 saturated heterocycles. The first kappa shape index (κ1) is 14.0. The molecule has 1 aliphatic rings. The molecule has 0 aromatic carbocycles. The van der Waals surface area contributed by atoms with E-state index < -0.39 is 0 Å². The summed E-state index contributed by atoms with van der Waals surface area (Å²) in [5, 5.41) is 0. The van der Waals surface area contributed by atoms with Crippen molar-refractivity contribution >= 4 is 0 Å². The number of hydrogen-bond donors (Lipinski definition) is 1. The van der Waals surface area contributed by atoms with Crippen LogP contribution in [0.15, 0.2) is 0 Å². The number of rotatable bonds is 3. The first-order valence-corrected chi connectivity index (χ1v) is 6.96. The fourth-order valence-corrected chi connectivity index (χ4v) is 3.06. The van der Waals surface area contributed by atoms with Crippen molar-refractivity contribution in [3.05, 3.63) is 0 Å². The second kappa shape index (κ2) is 6.02. The maximum absolute atomic E-state index is 6.34. The van der Waals surface area contributed by atoms with Gasteiger partial charge in [-0.1, -0.05) is 40.5 Å². The van der Waals surface area contributed by atoms with E-state index in [0.717, 1.165) is 6.42 Å². The van der Waals surface area contributed by atoms with E-state index in [9.17, 15) is 0 Å². The van der Waals surface area contributed by atoms with Gasteiger partial charge < -0.3 is 5.73 Å². The van der Waals surface area contributed by atoms with Crippen molar-refractivity contribution in [2.24, 2.45) is 11.1 Å². The topological polar surface area (TPSA) is 29.3 Å². The molecular weight excluding hydrogens is 196 g/mol. The van der Waals surface area contributed by atoms with Crippen molar-refractivity contribution in [2.45, 2.75) is 71.9 Å². The Hall–Kier alpha value is -0.0800. The lowest BCUT2D eigenvalue weighted by Gasteiger charge is -2.43. The summed E-state index contributed by atoms with van der Waals surface area (Å²) in [6.07, 6.45) is 6.58. The average molecular weight is 226 g/mol. The Morgan fingerprint density at radius 1 is 1.06 bits per heavy atom. The first-order chi connectivity index (χ1) is 7.46. The van der Waals surface area contributed by atoms with E-state index in [1.54, 1.807) is 0 Å². The van der Waals surface area contributed by atoms with Crippen molar-refractivity contribution in [2.75, 3.05) is 13.1 Å². The van der Waals surface area contributed by atoms with Crippen molar-refractivity contribution in [3.8, 4) is 0 Å². The molecule has 1 heterocycles. The Kier molecular flexibility index (Phi) is 5.26. The monoisotopic (exact) mass is 226 g/mol. The lowest BCUT2D eigenvalue weighted by atomic mass is 9.80. The van der Waals surface area contributed by atoms with Crippen LogP contribution in [0.4, 0.5) is 0 Å². The maximum Gasteiger partial charge on any atom is 0.0295 e. The predicted octanol–water partition coefficient (Wildman–Crippen LogP) is 3.01. The average Bonchev–Trinajstić information content (AvgIpc) is 2.44. The summed E-state index contributed by atoms with van der Waals surface area (Å²) < 4.78 is 0. The van der Waals surface area contributed by atoms with Crippen LogP contribution in [0.1, 0.15) is 59.8 Å². The quantitative estimate of drug-likeness (QED) is 0.801. The van der Waals surface area contributed by atoms with Crippen LogP contribution in [0.5, 0.6) is 0 Å². The molecule has 0 radical (unpaired) electrons. The van der Waals surface area contributed by atoms with E-state index in [1.165, 1.54) is 38.8 Å². The molecule has 2 N–H and O–H groups in total. The minimum atomic E-state index is 0.291. The number of likely N-dealkylation sites (tertiary alicyclic amines) is 1. The molecule has 2 nitrogen and oxygen atoms in total. The SMILES string of the molecule is CCC(N)C(N1CCCCCC1)C(C)(C)C. The van der Waals surface area contributed by atoms with Gasteiger partial charge in [-0.05, 0) is 37.8 Å². The van der Waals surface area contributed by atoms with Gasteiger partial charge in [-0.25, -0.2) is 0 Å². The molecule has 0 saturated carbocycles. The summed E-state index contributed by atoms with van der Waals surface area (Å²) in [6.45, 7) is 11.7. The lowest BCUT2D eigenvalue weighted by molar-refractivity contribution is 0.0792. The zero-order chi connectivity index (χ0) is 12.2. The Balaban J connectivity index is 2.74. The van der Waals surface area contributed by atoms with Gasteiger partial charge in [0.1, 0.15) is 0 Å². The molecule has 1 fully saturated rings. The van der Waals surface area contributed by atoms with Gasteiger partial charge >= 0.3 is 0 Å². The molecule has 0 bridgehead atoms. The molecule has 1 rings (SSSR count). The van der Waals surface area contributed by atoms with E-state index in [-0.39, 0.29) is 0 Å². The fourth-order valence-electron chi connectivity index (χ4n) is 3.06. The molecule has 0 aromatic heterocycles. The highest BCUT2D eigenvalue weighted by molar-refractivity contribution is 4.91. The second-order valence-corrected chi connectivity index (χ2v) is 6.33. The summed E-state index contributed by atoms with van der Waals surface area (Å²) in [5.74, 6) is 0. The first-order valence-electron chi connectivity index (χ1n) is 6.96. The highest BCUT2D eigenvalue weighted by Crippen LogP contribution is 2.29. The lowest BCUT2D eigenvalue weighted by Crippen LogP contribution is -2.54. The van der Waals surface area contributed by atoms with Gasteiger partial charge in [0.25, 0.3) is 0 Å². The van der Waals surface area contributed by atoms with E-state index in [1.807, 2.05) is 0 Å². The summed E-state index contributed by atoms with van der Waals surface area (Å²) in [4.78, 5) is 2.65. The third kappa shape index (κ3) is 3.74. The number of nitrogens with zero attached hydrogens (tertiary/aromatic N) is 1. The van der Waals surface area contributed by atoms with E-state index in [4.69, 9.17) is 5.73 Å². The zero-order valence-corrected chi connectivity index (χ0v) is 11.6. The Morgan fingerprint density at radius 3 is 1.94 bits per heavy atom. The Morgan fingerprint density at radius 2 is 1.56 bits per heavy atom. The smallest absolute Gasteiger partial charge is 0.0295 e. The molecule has 0 spiro atoms. The third-order valence-electron chi connectivity index (χ3n) is 3.80. The molecule has 2 atom stereocenters. The molecule has 0 amide bonds. The van der Waals surface area contributed by atoms with Gasteiger partial charge in [0.2, 0.25) is 0 Å².